The van der Waals surface area contributed by atoms with Crippen LogP contribution >= 0.6 is 0 Å². The highest BCUT2D eigenvalue weighted by molar-refractivity contribution is 7.86. The fraction of sp³-hybridized carbons (Fsp3) is 0. The molecule has 0 bridgehead atoms. The van der Waals surface area contributed by atoms with E-state index in [9.17, 15) is 22.6 Å². The summed E-state index contributed by atoms with van der Waals surface area (Å²) in [6.07, 6.45) is 0. The Balaban J connectivity index is 2.32. The number of para-hydroxylation sites is 1. The molecule has 0 aliphatic heterocycles. The molecule has 2 aromatic carbocycles. The fourth-order valence-electron chi connectivity index (χ4n) is 2.21. The number of benzene rings is 2. The van der Waals surface area contributed by atoms with Crippen molar-refractivity contribution in [1.82, 2.24) is 14.8 Å². The van der Waals surface area contributed by atoms with Gasteiger partial charge in [-0.3, -0.25) is 14.3 Å². The largest absolute Gasteiger partial charge is 0.349 e. The summed E-state index contributed by atoms with van der Waals surface area (Å²) < 4.78 is 33.3. The third-order valence-corrected chi connectivity index (χ3v) is 4.16. The van der Waals surface area contributed by atoms with E-state index in [1.54, 1.807) is 30.3 Å². The first-order chi connectivity index (χ1) is 11.4. The molecule has 0 spiro atoms. The highest BCUT2D eigenvalue weighted by Gasteiger charge is 2.20. The second-order valence-corrected chi connectivity index (χ2v) is 6.22. The average Bonchev–Trinajstić information content (AvgIpc) is 2.55. The molecule has 24 heavy (non-hydrogen) atoms. The first-order valence-electron chi connectivity index (χ1n) is 6.74. The van der Waals surface area contributed by atoms with E-state index in [1.807, 2.05) is 0 Å². The number of hydrogen-bond donors (Lipinski definition) is 2. The maximum absolute atomic E-state index is 12.1. The number of nitrogens with one attached hydrogen (secondary N) is 1. The summed E-state index contributed by atoms with van der Waals surface area (Å²) in [6.45, 7) is 0. The maximum Gasteiger partial charge on any atom is 0.349 e. The van der Waals surface area contributed by atoms with Crippen molar-refractivity contribution >= 4 is 10.1 Å². The average molecular weight is 345 g/mol. The molecule has 0 fully saturated rings. The van der Waals surface area contributed by atoms with Crippen LogP contribution in [0.2, 0.25) is 0 Å². The molecule has 0 atom stereocenters. The van der Waals surface area contributed by atoms with E-state index in [0.29, 0.717) is 5.69 Å². The highest BCUT2D eigenvalue weighted by atomic mass is 32.2. The van der Waals surface area contributed by atoms with Crippen molar-refractivity contribution in [2.75, 3.05) is 0 Å². The van der Waals surface area contributed by atoms with Gasteiger partial charge >= 0.3 is 5.69 Å². The van der Waals surface area contributed by atoms with E-state index in [1.165, 1.54) is 18.2 Å². The second-order valence-electron chi connectivity index (χ2n) is 4.83. The van der Waals surface area contributed by atoms with E-state index >= 15 is 0 Å². The summed E-state index contributed by atoms with van der Waals surface area (Å²) >= 11 is 0. The molecule has 9 heteroatoms. The van der Waals surface area contributed by atoms with Gasteiger partial charge in [-0.15, -0.1) is 0 Å². The molecule has 0 unspecified atom stereocenters. The Labute approximate surface area is 135 Å². The van der Waals surface area contributed by atoms with Crippen LogP contribution in [0.25, 0.3) is 16.9 Å². The van der Waals surface area contributed by atoms with Crippen LogP contribution in [0.1, 0.15) is 0 Å². The van der Waals surface area contributed by atoms with Gasteiger partial charge in [-0.2, -0.15) is 18.2 Å². The van der Waals surface area contributed by atoms with Crippen LogP contribution in [0, 0.1) is 0 Å². The molecule has 3 rings (SSSR count). The van der Waals surface area contributed by atoms with Gasteiger partial charge in [-0.1, -0.05) is 36.4 Å². The summed E-state index contributed by atoms with van der Waals surface area (Å²) in [6, 6.07) is 13.7. The van der Waals surface area contributed by atoms with Gasteiger partial charge < -0.3 is 0 Å². The first-order valence-corrected chi connectivity index (χ1v) is 8.18. The zero-order valence-electron chi connectivity index (χ0n) is 12.1. The van der Waals surface area contributed by atoms with Gasteiger partial charge in [0.05, 0.1) is 5.69 Å². The summed E-state index contributed by atoms with van der Waals surface area (Å²) in [5.41, 5.74) is -1.63. The molecule has 0 radical (unpaired) electrons. The summed E-state index contributed by atoms with van der Waals surface area (Å²) in [5.74, 6) is 0. The van der Waals surface area contributed by atoms with Gasteiger partial charge in [0, 0.05) is 5.56 Å². The number of aromatic amines is 1. The Bertz CT molecular complexity index is 1120. The van der Waals surface area contributed by atoms with E-state index < -0.39 is 26.3 Å². The number of hydrogen-bond acceptors (Lipinski definition) is 5. The van der Waals surface area contributed by atoms with Crippen LogP contribution in [0.15, 0.2) is 69.1 Å². The Hall–Kier alpha value is -3.04. The van der Waals surface area contributed by atoms with E-state index in [0.717, 1.165) is 10.7 Å². The smallest absolute Gasteiger partial charge is 0.282 e. The molecule has 1 heterocycles. The molecule has 8 nitrogen and oxygen atoms in total. The molecule has 3 aromatic rings. The Kier molecular flexibility index (Phi) is 3.87. The molecule has 0 saturated carbocycles. The van der Waals surface area contributed by atoms with Crippen molar-refractivity contribution in [3.05, 3.63) is 75.4 Å². The number of rotatable bonds is 3. The molecule has 0 aliphatic rings. The number of aromatic nitrogens is 3. The molecule has 0 amide bonds. The van der Waals surface area contributed by atoms with E-state index in [4.69, 9.17) is 0 Å². The molecular formula is C15H11N3O5S. The minimum Gasteiger partial charge on any atom is -0.282 e. The number of H-pyrrole nitrogens is 1. The van der Waals surface area contributed by atoms with Crippen molar-refractivity contribution in [1.29, 1.82) is 0 Å². The lowest BCUT2D eigenvalue weighted by Gasteiger charge is -2.08. The third kappa shape index (κ3) is 2.90. The van der Waals surface area contributed by atoms with Gasteiger partial charge in [0.1, 0.15) is 4.90 Å². The molecule has 2 N–H and O–H groups in total. The van der Waals surface area contributed by atoms with Crippen molar-refractivity contribution in [3.63, 3.8) is 0 Å². The zero-order chi connectivity index (χ0) is 17.3. The molecular weight excluding hydrogens is 334 g/mol. The van der Waals surface area contributed by atoms with Gasteiger partial charge in [0.2, 0.25) is 0 Å². The lowest BCUT2D eigenvalue weighted by atomic mass is 10.1. The van der Waals surface area contributed by atoms with Crippen LogP contribution in [-0.2, 0) is 10.1 Å². The minimum absolute atomic E-state index is 0.106. The van der Waals surface area contributed by atoms with Crippen LogP contribution in [0.5, 0.6) is 0 Å². The van der Waals surface area contributed by atoms with Crippen LogP contribution in [0.4, 0.5) is 0 Å². The van der Waals surface area contributed by atoms with Crippen LogP contribution in [-0.4, -0.2) is 27.7 Å². The summed E-state index contributed by atoms with van der Waals surface area (Å²) in [5, 5.41) is 3.97. The van der Waals surface area contributed by atoms with E-state index in [2.05, 4.69) is 10.1 Å². The molecule has 122 valence electrons. The lowest BCUT2D eigenvalue weighted by Crippen LogP contribution is -2.32. The monoisotopic (exact) mass is 345 g/mol. The fourth-order valence-corrected chi connectivity index (χ4v) is 2.90. The Morgan fingerprint density at radius 2 is 1.58 bits per heavy atom. The topological polar surface area (TPSA) is 122 Å². The van der Waals surface area contributed by atoms with Crippen molar-refractivity contribution in [3.8, 4) is 16.9 Å². The number of nitrogens with zero attached hydrogens (tertiary/aromatic N) is 2. The highest BCUT2D eigenvalue weighted by Crippen LogP contribution is 2.22. The normalized spacial score (nSPS) is 11.4. The maximum atomic E-state index is 12.1. The van der Waals surface area contributed by atoms with Crippen molar-refractivity contribution in [2.24, 2.45) is 0 Å². The SMILES string of the molecule is O=c1[nH]c(=O)n(-c2ccccc2)nc1-c1ccccc1S(=O)(=O)O. The van der Waals surface area contributed by atoms with Gasteiger partial charge in [-0.25, -0.2) is 4.79 Å². The predicted molar refractivity (Wildman–Crippen MR) is 85.7 cm³/mol. The summed E-state index contributed by atoms with van der Waals surface area (Å²) in [4.78, 5) is 25.7. The second kappa shape index (κ2) is 5.87. The van der Waals surface area contributed by atoms with Gasteiger partial charge in [0.15, 0.2) is 5.69 Å². The summed E-state index contributed by atoms with van der Waals surface area (Å²) in [7, 11) is -4.57. The standard InChI is InChI=1S/C15H11N3O5S/c19-14-13(11-8-4-5-9-12(11)24(21,22)23)17-18(15(20)16-14)10-6-2-1-3-7-10/h1-9H,(H,16,19,20)(H,21,22,23). The molecule has 0 saturated heterocycles. The predicted octanol–water partition coefficient (Wildman–Crippen LogP) is 0.834. The minimum atomic E-state index is -4.57. The van der Waals surface area contributed by atoms with E-state index in [-0.39, 0.29) is 11.3 Å². The van der Waals surface area contributed by atoms with Crippen LogP contribution in [0.3, 0.4) is 0 Å². The van der Waals surface area contributed by atoms with Crippen molar-refractivity contribution < 1.29 is 13.0 Å². The van der Waals surface area contributed by atoms with Gasteiger partial charge in [-0.05, 0) is 18.2 Å². The zero-order valence-corrected chi connectivity index (χ0v) is 12.9. The van der Waals surface area contributed by atoms with Crippen molar-refractivity contribution in [2.45, 2.75) is 4.90 Å². The Morgan fingerprint density at radius 3 is 2.25 bits per heavy atom. The quantitative estimate of drug-likeness (QED) is 0.678. The first kappa shape index (κ1) is 15.8. The lowest BCUT2D eigenvalue weighted by molar-refractivity contribution is 0.483. The van der Waals surface area contributed by atoms with Crippen LogP contribution < -0.4 is 11.2 Å². The molecule has 1 aromatic heterocycles. The Morgan fingerprint density at radius 1 is 0.958 bits per heavy atom. The molecule has 0 aliphatic carbocycles. The third-order valence-electron chi connectivity index (χ3n) is 3.25. The van der Waals surface area contributed by atoms with Gasteiger partial charge in [0.25, 0.3) is 15.7 Å².